The summed E-state index contributed by atoms with van der Waals surface area (Å²) in [7, 11) is 1.64. The lowest BCUT2D eigenvalue weighted by atomic mass is 9.79. The number of ether oxygens (including phenoxy) is 3. The van der Waals surface area contributed by atoms with Crippen molar-refractivity contribution in [2.75, 3.05) is 33.5 Å². The van der Waals surface area contributed by atoms with Crippen molar-refractivity contribution in [3.05, 3.63) is 17.7 Å². The Morgan fingerprint density at radius 1 is 1.11 bits per heavy atom. The summed E-state index contributed by atoms with van der Waals surface area (Å²) in [6.07, 6.45) is 10.2. The van der Waals surface area contributed by atoms with E-state index in [1.165, 1.54) is 32.1 Å². The number of piperazine rings is 1. The van der Waals surface area contributed by atoms with E-state index in [9.17, 15) is 9.59 Å². The molecule has 0 aromatic heterocycles. The molecule has 3 aliphatic heterocycles. The third kappa shape index (κ3) is 4.89. The highest BCUT2D eigenvalue weighted by Gasteiger charge is 2.53. The van der Waals surface area contributed by atoms with Crippen molar-refractivity contribution in [3.63, 3.8) is 0 Å². The third-order valence-corrected chi connectivity index (χ3v) is 8.65. The Labute approximate surface area is 214 Å². The Kier molecular flexibility index (Phi) is 7.60. The first-order chi connectivity index (χ1) is 17.5. The number of piperidine rings is 1. The van der Waals surface area contributed by atoms with Crippen molar-refractivity contribution >= 4 is 11.8 Å². The van der Waals surface area contributed by atoms with Crippen LogP contribution in [0.2, 0.25) is 0 Å². The molecule has 1 aromatic rings. The zero-order valence-corrected chi connectivity index (χ0v) is 21.9. The van der Waals surface area contributed by atoms with Crippen molar-refractivity contribution in [1.29, 1.82) is 0 Å². The maximum Gasteiger partial charge on any atom is 0.246 e. The lowest BCUT2D eigenvalue weighted by Crippen LogP contribution is -2.73. The zero-order chi connectivity index (χ0) is 25.1. The highest BCUT2D eigenvalue weighted by molar-refractivity contribution is 6.00. The Morgan fingerprint density at radius 2 is 1.89 bits per heavy atom. The standard InChI is InChI=1S/C28H41N3O5/c1-3-4-12-31-26(32)22(15-20-8-6-5-7-9-20)29-27(33)28(31)10-13-30(14-11-28)18-21-16-23(34-2)25-24(17-21)35-19-36-25/h16-17,20,22H,3-15,18-19H2,1-2H3,(H,29,33). The molecule has 36 heavy (non-hydrogen) atoms. The summed E-state index contributed by atoms with van der Waals surface area (Å²) in [6, 6.07) is 3.65. The molecule has 1 unspecified atom stereocenters. The lowest BCUT2D eigenvalue weighted by molar-refractivity contribution is -0.162. The molecular formula is C28H41N3O5. The number of rotatable bonds is 8. The predicted molar refractivity (Wildman–Crippen MR) is 136 cm³/mol. The van der Waals surface area contributed by atoms with Crippen molar-refractivity contribution in [1.82, 2.24) is 15.1 Å². The molecular weight excluding hydrogens is 458 g/mol. The van der Waals surface area contributed by atoms with Crippen LogP contribution in [-0.2, 0) is 16.1 Å². The van der Waals surface area contributed by atoms with Crippen molar-refractivity contribution < 1.29 is 23.8 Å². The highest BCUT2D eigenvalue weighted by atomic mass is 16.7. The maximum atomic E-state index is 13.7. The molecule has 198 valence electrons. The van der Waals surface area contributed by atoms with Gasteiger partial charge in [0.1, 0.15) is 11.6 Å². The summed E-state index contributed by atoms with van der Waals surface area (Å²) in [4.78, 5) is 31.7. The highest BCUT2D eigenvalue weighted by Crippen LogP contribution is 2.42. The van der Waals surface area contributed by atoms with Gasteiger partial charge in [-0.3, -0.25) is 14.5 Å². The summed E-state index contributed by atoms with van der Waals surface area (Å²) < 4.78 is 16.6. The number of likely N-dealkylation sites (tertiary alicyclic amines) is 1. The van der Waals surface area contributed by atoms with E-state index in [-0.39, 0.29) is 24.6 Å². The van der Waals surface area contributed by atoms with Gasteiger partial charge in [0, 0.05) is 26.2 Å². The van der Waals surface area contributed by atoms with Gasteiger partial charge in [0.25, 0.3) is 0 Å². The van der Waals surface area contributed by atoms with E-state index >= 15 is 0 Å². The Bertz CT molecular complexity index is 953. The molecule has 1 atom stereocenters. The quantitative estimate of drug-likeness (QED) is 0.585. The normalized spacial score (nSPS) is 24.3. The molecule has 0 radical (unpaired) electrons. The van der Waals surface area contributed by atoms with Crippen molar-refractivity contribution in [2.24, 2.45) is 5.92 Å². The lowest BCUT2D eigenvalue weighted by Gasteiger charge is -2.52. The number of hydrogen-bond donors (Lipinski definition) is 1. The number of methoxy groups -OCH3 is 1. The average molecular weight is 500 g/mol. The van der Waals surface area contributed by atoms with Gasteiger partial charge < -0.3 is 24.4 Å². The SMILES string of the molecule is CCCCN1C(=O)C(CC2CCCCC2)NC(=O)C12CCN(Cc1cc(OC)c3c(c1)OCO3)CC2. The number of unbranched alkanes of at least 4 members (excludes halogenated alkanes) is 1. The fourth-order valence-corrected chi connectivity index (χ4v) is 6.54. The number of benzene rings is 1. The van der Waals surface area contributed by atoms with E-state index in [2.05, 4.69) is 17.1 Å². The minimum Gasteiger partial charge on any atom is -0.493 e. The fourth-order valence-electron chi connectivity index (χ4n) is 6.54. The number of amides is 2. The van der Waals surface area contributed by atoms with Gasteiger partial charge >= 0.3 is 0 Å². The summed E-state index contributed by atoms with van der Waals surface area (Å²) in [6.45, 7) is 5.27. The Hall–Kier alpha value is -2.48. The van der Waals surface area contributed by atoms with E-state index in [4.69, 9.17) is 14.2 Å². The summed E-state index contributed by atoms with van der Waals surface area (Å²) >= 11 is 0. The molecule has 2 amide bonds. The molecule has 4 aliphatic rings. The molecule has 3 heterocycles. The molecule has 1 aromatic carbocycles. The van der Waals surface area contributed by atoms with Gasteiger partial charge in [-0.1, -0.05) is 45.4 Å². The summed E-state index contributed by atoms with van der Waals surface area (Å²) in [5, 5.41) is 3.19. The predicted octanol–water partition coefficient (Wildman–Crippen LogP) is 3.86. The van der Waals surface area contributed by atoms with Crippen LogP contribution < -0.4 is 19.5 Å². The molecule has 8 nitrogen and oxygen atoms in total. The second-order valence-corrected chi connectivity index (χ2v) is 10.9. The van der Waals surface area contributed by atoms with Crippen molar-refractivity contribution in [3.8, 4) is 17.2 Å². The molecule has 3 fully saturated rings. The molecule has 5 rings (SSSR count). The molecule has 0 bridgehead atoms. The summed E-state index contributed by atoms with van der Waals surface area (Å²) in [5.74, 6) is 2.80. The van der Waals surface area contributed by atoms with Crippen LogP contribution in [0.5, 0.6) is 17.2 Å². The smallest absolute Gasteiger partial charge is 0.246 e. The van der Waals surface area contributed by atoms with Crippen LogP contribution in [-0.4, -0.2) is 66.7 Å². The van der Waals surface area contributed by atoms with Crippen LogP contribution in [0.15, 0.2) is 12.1 Å². The molecule has 1 N–H and O–H groups in total. The minimum atomic E-state index is -0.724. The van der Waals surface area contributed by atoms with Gasteiger partial charge in [0.05, 0.1) is 7.11 Å². The van der Waals surface area contributed by atoms with Gasteiger partial charge in [-0.15, -0.1) is 0 Å². The first-order valence-electron chi connectivity index (χ1n) is 13.9. The second kappa shape index (κ2) is 10.9. The van der Waals surface area contributed by atoms with Crippen molar-refractivity contribution in [2.45, 2.75) is 89.3 Å². The van der Waals surface area contributed by atoms with Crippen LogP contribution in [0.4, 0.5) is 0 Å². The fraction of sp³-hybridized carbons (Fsp3) is 0.714. The number of nitrogens with one attached hydrogen (secondary N) is 1. The average Bonchev–Trinajstić information content (AvgIpc) is 3.37. The Balaban J connectivity index is 1.27. The van der Waals surface area contributed by atoms with E-state index in [0.717, 1.165) is 44.5 Å². The number of carbonyl (C=O) groups is 2. The molecule has 8 heteroatoms. The minimum absolute atomic E-state index is 0.0587. The second-order valence-electron chi connectivity index (χ2n) is 10.9. The van der Waals surface area contributed by atoms with E-state index in [1.807, 2.05) is 17.0 Å². The number of fused-ring (bicyclic) bond motifs is 1. The Morgan fingerprint density at radius 3 is 2.61 bits per heavy atom. The zero-order valence-electron chi connectivity index (χ0n) is 21.9. The first kappa shape index (κ1) is 25.2. The van der Waals surface area contributed by atoms with Crippen LogP contribution >= 0.6 is 0 Å². The van der Waals surface area contributed by atoms with Gasteiger partial charge in [-0.2, -0.15) is 0 Å². The summed E-state index contributed by atoms with van der Waals surface area (Å²) in [5.41, 5.74) is 0.366. The molecule has 1 spiro atoms. The first-order valence-corrected chi connectivity index (χ1v) is 13.9. The van der Waals surface area contributed by atoms with Crippen LogP contribution in [0.25, 0.3) is 0 Å². The van der Waals surface area contributed by atoms with E-state index in [1.54, 1.807) is 7.11 Å². The van der Waals surface area contributed by atoms with Gasteiger partial charge in [-0.25, -0.2) is 0 Å². The van der Waals surface area contributed by atoms with E-state index < -0.39 is 5.54 Å². The molecule has 2 saturated heterocycles. The third-order valence-electron chi connectivity index (χ3n) is 8.65. The van der Waals surface area contributed by atoms with Crippen LogP contribution in [0, 0.1) is 5.92 Å². The molecule has 1 aliphatic carbocycles. The topological polar surface area (TPSA) is 80.3 Å². The number of nitrogens with zero attached hydrogens (tertiary/aromatic N) is 2. The van der Waals surface area contributed by atoms with Gasteiger partial charge in [0.15, 0.2) is 11.5 Å². The van der Waals surface area contributed by atoms with Gasteiger partial charge in [0.2, 0.25) is 24.4 Å². The number of carbonyl (C=O) groups excluding carboxylic acids is 2. The van der Waals surface area contributed by atoms with Crippen LogP contribution in [0.1, 0.15) is 76.7 Å². The monoisotopic (exact) mass is 499 g/mol. The van der Waals surface area contributed by atoms with Crippen LogP contribution in [0.3, 0.4) is 0 Å². The molecule has 1 saturated carbocycles. The van der Waals surface area contributed by atoms with E-state index in [0.29, 0.717) is 42.6 Å². The largest absolute Gasteiger partial charge is 0.493 e. The number of hydrogen-bond acceptors (Lipinski definition) is 6. The van der Waals surface area contributed by atoms with Gasteiger partial charge in [-0.05, 0) is 49.3 Å². The maximum absolute atomic E-state index is 13.7.